The summed E-state index contributed by atoms with van der Waals surface area (Å²) in [5.41, 5.74) is 5.24. The van der Waals surface area contributed by atoms with Gasteiger partial charge in [0, 0.05) is 12.5 Å². The minimum atomic E-state index is -0.194. The highest BCUT2D eigenvalue weighted by Gasteiger charge is 2.24. The fraction of sp³-hybridized carbons (Fsp3) is 0.800. The topological polar surface area (TPSA) is 82.2 Å². The highest BCUT2D eigenvalue weighted by Crippen LogP contribution is 2.16. The monoisotopic (exact) mass is 210 g/mol. The van der Waals surface area contributed by atoms with E-state index in [-0.39, 0.29) is 17.9 Å². The molecule has 1 aliphatic rings. The number of primary amides is 1. The third-order valence-corrected chi connectivity index (χ3v) is 2.94. The van der Waals surface area contributed by atoms with E-state index in [1.807, 2.05) is 0 Å². The van der Waals surface area contributed by atoms with Crippen LogP contribution in [-0.4, -0.2) is 43.5 Å². The maximum atomic E-state index is 10.9. The molecule has 1 rings (SSSR count). The molecule has 0 saturated carbocycles. The predicted molar refractivity (Wildman–Crippen MR) is 56.8 cm³/mol. The van der Waals surface area contributed by atoms with E-state index in [0.717, 1.165) is 32.5 Å². The number of hydrogen-bond acceptors (Lipinski definition) is 4. The van der Waals surface area contributed by atoms with Gasteiger partial charge in [0.1, 0.15) is 6.04 Å². The number of likely N-dealkylation sites (N-methyl/N-ethyl adjacent to an activating group) is 1. The Bertz CT molecular complexity index is 253. The van der Waals surface area contributed by atoms with Crippen LogP contribution in [-0.2, 0) is 4.79 Å². The maximum Gasteiger partial charge on any atom is 0.220 e. The van der Waals surface area contributed by atoms with Gasteiger partial charge in [-0.05, 0) is 33.0 Å². The van der Waals surface area contributed by atoms with E-state index < -0.39 is 0 Å². The predicted octanol–water partition coefficient (Wildman–Crippen LogP) is -0.705. The van der Waals surface area contributed by atoms with Gasteiger partial charge in [0.2, 0.25) is 5.91 Å². The second-order valence-corrected chi connectivity index (χ2v) is 3.95. The van der Waals surface area contributed by atoms with E-state index in [2.05, 4.69) is 16.3 Å². The molecule has 5 heteroatoms. The van der Waals surface area contributed by atoms with E-state index >= 15 is 0 Å². The second kappa shape index (κ2) is 5.69. The van der Waals surface area contributed by atoms with Crippen molar-refractivity contribution in [2.45, 2.75) is 18.9 Å². The molecule has 0 aromatic carbocycles. The first kappa shape index (κ1) is 12.0. The van der Waals surface area contributed by atoms with Crippen molar-refractivity contribution in [3.8, 4) is 6.07 Å². The SMILES string of the molecule is CNC(C#N)CN1CCC(C(N)=O)CC1. The molecule has 0 aromatic rings. The lowest BCUT2D eigenvalue weighted by atomic mass is 9.96. The molecular formula is C10H18N4O. The Morgan fingerprint density at radius 1 is 1.67 bits per heavy atom. The number of nitrogens with one attached hydrogen (secondary N) is 1. The van der Waals surface area contributed by atoms with E-state index in [1.54, 1.807) is 7.05 Å². The Morgan fingerprint density at radius 3 is 2.67 bits per heavy atom. The van der Waals surface area contributed by atoms with Crippen molar-refractivity contribution < 1.29 is 4.79 Å². The number of nitriles is 1. The van der Waals surface area contributed by atoms with Crippen molar-refractivity contribution >= 4 is 5.91 Å². The molecule has 1 fully saturated rings. The van der Waals surface area contributed by atoms with E-state index in [9.17, 15) is 4.79 Å². The Balaban J connectivity index is 2.32. The number of hydrogen-bond donors (Lipinski definition) is 2. The summed E-state index contributed by atoms with van der Waals surface area (Å²) in [6, 6.07) is 2.06. The highest BCUT2D eigenvalue weighted by molar-refractivity contribution is 5.76. The molecule has 0 aromatic heterocycles. The van der Waals surface area contributed by atoms with Crippen LogP contribution in [0, 0.1) is 17.2 Å². The van der Waals surface area contributed by atoms with Gasteiger partial charge in [0.25, 0.3) is 0 Å². The van der Waals surface area contributed by atoms with Gasteiger partial charge in [-0.15, -0.1) is 0 Å². The van der Waals surface area contributed by atoms with Gasteiger partial charge in [-0.1, -0.05) is 0 Å². The number of carbonyl (C=O) groups excluding carboxylic acids is 1. The highest BCUT2D eigenvalue weighted by atomic mass is 16.1. The molecule has 3 N–H and O–H groups in total. The summed E-state index contributed by atoms with van der Waals surface area (Å²) in [6.45, 7) is 2.43. The van der Waals surface area contributed by atoms with Crippen LogP contribution in [0.2, 0.25) is 0 Å². The average molecular weight is 210 g/mol. The molecule has 0 bridgehead atoms. The number of piperidine rings is 1. The van der Waals surface area contributed by atoms with Crippen molar-refractivity contribution in [3.63, 3.8) is 0 Å². The quantitative estimate of drug-likeness (QED) is 0.642. The second-order valence-electron chi connectivity index (χ2n) is 3.95. The Labute approximate surface area is 90.2 Å². The zero-order valence-corrected chi connectivity index (χ0v) is 9.07. The van der Waals surface area contributed by atoms with E-state index in [1.165, 1.54) is 0 Å². The lowest BCUT2D eigenvalue weighted by Crippen LogP contribution is -2.44. The minimum Gasteiger partial charge on any atom is -0.369 e. The molecular weight excluding hydrogens is 192 g/mol. The van der Waals surface area contributed by atoms with Crippen LogP contribution in [0.15, 0.2) is 0 Å². The molecule has 0 spiro atoms. The summed E-state index contributed by atoms with van der Waals surface area (Å²) >= 11 is 0. The summed E-state index contributed by atoms with van der Waals surface area (Å²) < 4.78 is 0. The maximum absolute atomic E-state index is 10.9. The smallest absolute Gasteiger partial charge is 0.220 e. The van der Waals surface area contributed by atoms with Crippen LogP contribution < -0.4 is 11.1 Å². The van der Waals surface area contributed by atoms with Crippen LogP contribution >= 0.6 is 0 Å². The van der Waals surface area contributed by atoms with Crippen LogP contribution in [0.3, 0.4) is 0 Å². The zero-order valence-electron chi connectivity index (χ0n) is 9.07. The Morgan fingerprint density at radius 2 is 2.27 bits per heavy atom. The molecule has 5 nitrogen and oxygen atoms in total. The number of amides is 1. The van der Waals surface area contributed by atoms with Crippen molar-refractivity contribution in [1.82, 2.24) is 10.2 Å². The number of nitrogens with zero attached hydrogens (tertiary/aromatic N) is 2. The number of likely N-dealkylation sites (tertiary alicyclic amines) is 1. The van der Waals surface area contributed by atoms with Gasteiger partial charge in [-0.25, -0.2) is 0 Å². The Hall–Kier alpha value is -1.12. The van der Waals surface area contributed by atoms with Gasteiger partial charge in [0.05, 0.1) is 6.07 Å². The number of nitrogens with two attached hydrogens (primary N) is 1. The minimum absolute atomic E-state index is 0.0244. The van der Waals surface area contributed by atoms with Gasteiger partial charge >= 0.3 is 0 Å². The number of rotatable bonds is 4. The van der Waals surface area contributed by atoms with Crippen molar-refractivity contribution in [1.29, 1.82) is 5.26 Å². The molecule has 1 unspecified atom stereocenters. The summed E-state index contributed by atoms with van der Waals surface area (Å²) in [7, 11) is 1.78. The lowest BCUT2D eigenvalue weighted by molar-refractivity contribution is -0.123. The molecule has 0 radical (unpaired) electrons. The summed E-state index contributed by atoms with van der Waals surface area (Å²) in [6.07, 6.45) is 1.63. The normalized spacial score (nSPS) is 20.8. The molecule has 84 valence electrons. The molecule has 0 aliphatic carbocycles. The largest absolute Gasteiger partial charge is 0.369 e. The summed E-state index contributed by atoms with van der Waals surface area (Å²) in [5, 5.41) is 11.7. The van der Waals surface area contributed by atoms with Gasteiger partial charge in [-0.3, -0.25) is 4.79 Å². The molecule has 1 heterocycles. The Kier molecular flexibility index (Phi) is 4.53. The first-order valence-corrected chi connectivity index (χ1v) is 5.26. The van der Waals surface area contributed by atoms with Crippen molar-refractivity contribution in [2.75, 3.05) is 26.7 Å². The van der Waals surface area contributed by atoms with Crippen LogP contribution in [0.5, 0.6) is 0 Å². The number of carbonyl (C=O) groups is 1. The molecule has 1 amide bonds. The third kappa shape index (κ3) is 3.50. The van der Waals surface area contributed by atoms with Crippen LogP contribution in [0.1, 0.15) is 12.8 Å². The van der Waals surface area contributed by atoms with Gasteiger partial charge in [-0.2, -0.15) is 5.26 Å². The standard InChI is InChI=1S/C10H18N4O/c1-13-9(6-11)7-14-4-2-8(3-5-14)10(12)15/h8-9,13H,2-5,7H2,1H3,(H2,12,15). The summed E-state index contributed by atoms with van der Waals surface area (Å²) in [5.74, 6) is -0.170. The van der Waals surface area contributed by atoms with Gasteiger partial charge < -0.3 is 16.0 Å². The van der Waals surface area contributed by atoms with E-state index in [4.69, 9.17) is 11.0 Å². The molecule has 1 atom stereocenters. The fourth-order valence-corrected chi connectivity index (χ4v) is 1.85. The first-order chi connectivity index (χ1) is 7.17. The zero-order chi connectivity index (χ0) is 11.3. The fourth-order valence-electron chi connectivity index (χ4n) is 1.85. The molecule has 1 saturated heterocycles. The summed E-state index contributed by atoms with van der Waals surface area (Å²) in [4.78, 5) is 13.1. The van der Waals surface area contributed by atoms with Crippen molar-refractivity contribution in [3.05, 3.63) is 0 Å². The van der Waals surface area contributed by atoms with Crippen LogP contribution in [0.25, 0.3) is 0 Å². The lowest BCUT2D eigenvalue weighted by Gasteiger charge is -2.31. The van der Waals surface area contributed by atoms with Crippen LogP contribution in [0.4, 0.5) is 0 Å². The third-order valence-electron chi connectivity index (χ3n) is 2.94. The first-order valence-electron chi connectivity index (χ1n) is 5.26. The van der Waals surface area contributed by atoms with E-state index in [0.29, 0.717) is 0 Å². The average Bonchev–Trinajstić information content (AvgIpc) is 2.26. The van der Waals surface area contributed by atoms with Gasteiger partial charge in [0.15, 0.2) is 0 Å². The molecule has 15 heavy (non-hydrogen) atoms. The molecule has 1 aliphatic heterocycles. The van der Waals surface area contributed by atoms with Crippen molar-refractivity contribution in [2.24, 2.45) is 11.7 Å².